The Hall–Kier alpha value is -0.610. The molecule has 104 valence electrons. The van der Waals surface area contributed by atoms with E-state index in [1.807, 2.05) is 6.92 Å². The molecule has 0 aromatic heterocycles. The molecular weight excluding hydrogens is 230 g/mol. The van der Waals surface area contributed by atoms with Crippen LogP contribution in [-0.4, -0.2) is 47.8 Å². The van der Waals surface area contributed by atoms with E-state index in [0.29, 0.717) is 13.0 Å². The van der Waals surface area contributed by atoms with Gasteiger partial charge >= 0.3 is 5.97 Å². The summed E-state index contributed by atoms with van der Waals surface area (Å²) >= 11 is 0. The van der Waals surface area contributed by atoms with Crippen LogP contribution in [0.25, 0.3) is 0 Å². The summed E-state index contributed by atoms with van der Waals surface area (Å²) in [4.78, 5) is 13.6. The highest BCUT2D eigenvalue weighted by molar-refractivity contribution is 5.72. The van der Waals surface area contributed by atoms with Gasteiger partial charge in [0, 0.05) is 19.2 Å². The Kier molecular flexibility index (Phi) is 5.01. The first kappa shape index (κ1) is 13.8. The molecule has 0 aromatic rings. The van der Waals surface area contributed by atoms with Gasteiger partial charge in [0.05, 0.1) is 0 Å². The Balaban J connectivity index is 1.82. The second-order valence-electron chi connectivity index (χ2n) is 5.51. The average Bonchev–Trinajstić information content (AvgIpc) is 2.82. The molecule has 0 aromatic carbocycles. The smallest absolute Gasteiger partial charge is 0.332 e. The number of rotatable bonds is 6. The zero-order valence-corrected chi connectivity index (χ0v) is 11.3. The van der Waals surface area contributed by atoms with Gasteiger partial charge in [-0.3, -0.25) is 4.90 Å². The summed E-state index contributed by atoms with van der Waals surface area (Å²) in [5.41, 5.74) is 0. The summed E-state index contributed by atoms with van der Waals surface area (Å²) in [7, 11) is 0. The summed E-state index contributed by atoms with van der Waals surface area (Å²) in [5, 5.41) is 9.08. The van der Waals surface area contributed by atoms with Crippen molar-refractivity contribution >= 4 is 5.97 Å². The largest absolute Gasteiger partial charge is 0.479 e. The van der Waals surface area contributed by atoms with Crippen LogP contribution in [0.2, 0.25) is 0 Å². The highest BCUT2D eigenvalue weighted by Gasteiger charge is 2.35. The van der Waals surface area contributed by atoms with Crippen molar-refractivity contribution < 1.29 is 14.6 Å². The van der Waals surface area contributed by atoms with Crippen molar-refractivity contribution in [2.75, 3.05) is 19.7 Å². The normalized spacial score (nSPS) is 30.1. The zero-order valence-electron chi connectivity index (χ0n) is 11.3. The number of ether oxygens (including phenoxy) is 1. The number of aliphatic carboxylic acids is 1. The second kappa shape index (κ2) is 6.53. The van der Waals surface area contributed by atoms with E-state index in [2.05, 4.69) is 4.90 Å². The summed E-state index contributed by atoms with van der Waals surface area (Å²) in [5.74, 6) is 0.0472. The van der Waals surface area contributed by atoms with Crippen LogP contribution in [0.1, 0.15) is 45.4 Å². The first-order valence-corrected chi connectivity index (χ1v) is 7.30. The number of nitrogens with zero attached hydrogens (tertiary/aromatic N) is 1. The van der Waals surface area contributed by atoms with E-state index in [-0.39, 0.29) is 0 Å². The molecule has 1 heterocycles. The lowest BCUT2D eigenvalue weighted by molar-refractivity contribution is -0.150. The number of likely N-dealkylation sites (tertiary alicyclic amines) is 1. The first-order valence-electron chi connectivity index (χ1n) is 7.30. The van der Waals surface area contributed by atoms with Crippen molar-refractivity contribution in [1.29, 1.82) is 0 Å². The van der Waals surface area contributed by atoms with Crippen LogP contribution in [0.4, 0.5) is 0 Å². The molecular formula is C14H25NO3. The molecule has 2 aliphatic rings. The molecule has 1 saturated heterocycles. The Labute approximate surface area is 109 Å². The van der Waals surface area contributed by atoms with Gasteiger partial charge in [-0.15, -0.1) is 0 Å². The Morgan fingerprint density at radius 3 is 2.89 bits per heavy atom. The Morgan fingerprint density at radius 1 is 1.39 bits per heavy atom. The minimum absolute atomic E-state index is 0.475. The summed E-state index contributed by atoms with van der Waals surface area (Å²) in [6.07, 6.45) is 6.65. The molecule has 1 aliphatic carbocycles. The summed E-state index contributed by atoms with van der Waals surface area (Å²) in [6, 6.07) is 0.717. The molecule has 3 atom stereocenters. The Morgan fingerprint density at radius 2 is 2.17 bits per heavy atom. The number of carbonyl (C=O) groups is 1. The van der Waals surface area contributed by atoms with E-state index in [9.17, 15) is 4.79 Å². The predicted molar refractivity (Wildman–Crippen MR) is 69.6 cm³/mol. The maximum absolute atomic E-state index is 11.0. The van der Waals surface area contributed by atoms with Crippen molar-refractivity contribution in [1.82, 2.24) is 4.90 Å². The monoisotopic (exact) mass is 255 g/mol. The molecule has 2 fully saturated rings. The van der Waals surface area contributed by atoms with Crippen molar-refractivity contribution in [3.8, 4) is 0 Å². The highest BCUT2D eigenvalue weighted by atomic mass is 16.5. The van der Waals surface area contributed by atoms with E-state index in [1.165, 1.54) is 32.1 Å². The van der Waals surface area contributed by atoms with Gasteiger partial charge in [0.2, 0.25) is 0 Å². The fraction of sp³-hybridized carbons (Fsp3) is 0.929. The zero-order chi connectivity index (χ0) is 13.0. The third-order valence-corrected chi connectivity index (χ3v) is 4.43. The van der Waals surface area contributed by atoms with Crippen LogP contribution in [-0.2, 0) is 9.53 Å². The van der Waals surface area contributed by atoms with Gasteiger partial charge < -0.3 is 9.84 Å². The lowest BCUT2D eigenvalue weighted by Crippen LogP contribution is -2.44. The summed E-state index contributed by atoms with van der Waals surface area (Å²) < 4.78 is 5.28. The molecule has 3 unspecified atom stereocenters. The minimum Gasteiger partial charge on any atom is -0.479 e. The van der Waals surface area contributed by atoms with Gasteiger partial charge in [0.25, 0.3) is 0 Å². The molecule has 0 spiro atoms. The van der Waals surface area contributed by atoms with Crippen LogP contribution in [0.5, 0.6) is 0 Å². The molecule has 4 nitrogen and oxygen atoms in total. The quantitative estimate of drug-likeness (QED) is 0.790. The lowest BCUT2D eigenvalue weighted by atomic mass is 9.92. The van der Waals surface area contributed by atoms with E-state index >= 15 is 0 Å². The van der Waals surface area contributed by atoms with Gasteiger partial charge in [-0.05, 0) is 51.5 Å². The van der Waals surface area contributed by atoms with Crippen LogP contribution in [0, 0.1) is 5.92 Å². The van der Waals surface area contributed by atoms with Gasteiger partial charge in [-0.1, -0.05) is 6.42 Å². The average molecular weight is 255 g/mol. The molecule has 1 N–H and O–H groups in total. The van der Waals surface area contributed by atoms with E-state index in [1.54, 1.807) is 0 Å². The molecule has 1 saturated carbocycles. The van der Waals surface area contributed by atoms with Crippen molar-refractivity contribution in [3.05, 3.63) is 0 Å². The highest BCUT2D eigenvalue weighted by Crippen LogP contribution is 2.36. The lowest BCUT2D eigenvalue weighted by Gasteiger charge is -2.38. The van der Waals surface area contributed by atoms with Gasteiger partial charge in [0.15, 0.2) is 6.10 Å². The minimum atomic E-state index is -0.822. The van der Waals surface area contributed by atoms with Crippen LogP contribution in [0.15, 0.2) is 0 Å². The molecule has 18 heavy (non-hydrogen) atoms. The fourth-order valence-corrected chi connectivity index (χ4v) is 3.60. The molecule has 0 bridgehead atoms. The fourth-order valence-electron chi connectivity index (χ4n) is 3.60. The van der Waals surface area contributed by atoms with Crippen molar-refractivity contribution in [2.24, 2.45) is 5.92 Å². The molecule has 0 amide bonds. The van der Waals surface area contributed by atoms with Crippen LogP contribution >= 0.6 is 0 Å². The number of hydrogen-bond acceptors (Lipinski definition) is 3. The number of hydrogen-bond donors (Lipinski definition) is 1. The van der Waals surface area contributed by atoms with Gasteiger partial charge in [0.1, 0.15) is 0 Å². The third-order valence-electron chi connectivity index (χ3n) is 4.43. The van der Waals surface area contributed by atoms with E-state index < -0.39 is 12.1 Å². The van der Waals surface area contributed by atoms with E-state index in [4.69, 9.17) is 9.84 Å². The molecule has 0 radical (unpaired) electrons. The number of piperidine rings is 1. The number of carboxylic acid groups (broad SMARTS) is 1. The molecule has 4 heteroatoms. The van der Waals surface area contributed by atoms with Crippen LogP contribution in [0.3, 0.4) is 0 Å². The maximum atomic E-state index is 11.0. The first-order chi connectivity index (χ1) is 8.72. The molecule has 2 rings (SSSR count). The van der Waals surface area contributed by atoms with E-state index in [0.717, 1.165) is 25.0 Å². The standard InChI is InChI=1S/C14H25NO3/c1-2-18-13(14(16)17)8-10-15-9-4-6-11-5-3-7-12(11)15/h11-13H,2-10H2,1H3,(H,16,17). The Bertz CT molecular complexity index is 282. The number of fused-ring (bicyclic) bond motifs is 1. The van der Waals surface area contributed by atoms with Crippen molar-refractivity contribution in [2.45, 2.75) is 57.6 Å². The molecule has 1 aliphatic heterocycles. The van der Waals surface area contributed by atoms with Crippen LogP contribution < -0.4 is 0 Å². The topological polar surface area (TPSA) is 49.8 Å². The van der Waals surface area contributed by atoms with Crippen molar-refractivity contribution in [3.63, 3.8) is 0 Å². The number of carboxylic acids is 1. The SMILES string of the molecule is CCOC(CCN1CCCC2CCCC21)C(=O)O. The third kappa shape index (κ3) is 3.23. The van der Waals surface area contributed by atoms with Gasteiger partial charge in [-0.25, -0.2) is 4.79 Å². The second-order valence-corrected chi connectivity index (χ2v) is 5.51. The summed E-state index contributed by atoms with van der Waals surface area (Å²) in [6.45, 7) is 4.34. The predicted octanol–water partition coefficient (Wildman–Crippen LogP) is 2.13. The maximum Gasteiger partial charge on any atom is 0.332 e. The van der Waals surface area contributed by atoms with Gasteiger partial charge in [-0.2, -0.15) is 0 Å².